The molecule has 1 aliphatic rings. The molecule has 1 aliphatic heterocycles. The smallest absolute Gasteiger partial charge is 0.304 e. The minimum atomic E-state index is -0.696. The molecule has 0 bridgehead atoms. The maximum Gasteiger partial charge on any atom is 0.304 e. The second kappa shape index (κ2) is 5.64. The maximum atomic E-state index is 10.9. The van der Waals surface area contributed by atoms with Crippen molar-refractivity contribution in [1.82, 2.24) is 9.80 Å². The van der Waals surface area contributed by atoms with E-state index in [4.69, 9.17) is 5.11 Å². The molecule has 0 amide bonds. The predicted molar refractivity (Wildman–Crippen MR) is 64.5 cm³/mol. The van der Waals surface area contributed by atoms with Crippen LogP contribution in [-0.4, -0.2) is 59.6 Å². The Morgan fingerprint density at radius 1 is 1.38 bits per heavy atom. The first-order valence-corrected chi connectivity index (χ1v) is 6.06. The lowest BCUT2D eigenvalue weighted by Gasteiger charge is -2.33. The Hall–Kier alpha value is -0.610. The molecular weight excluding hydrogens is 204 g/mol. The predicted octanol–water partition coefficient (Wildman–Crippen LogP) is 1.12. The van der Waals surface area contributed by atoms with Gasteiger partial charge in [-0.3, -0.25) is 9.69 Å². The molecule has 16 heavy (non-hydrogen) atoms. The van der Waals surface area contributed by atoms with E-state index >= 15 is 0 Å². The van der Waals surface area contributed by atoms with Gasteiger partial charge in [0, 0.05) is 31.7 Å². The number of carbonyl (C=O) groups is 1. The van der Waals surface area contributed by atoms with Crippen molar-refractivity contribution in [2.24, 2.45) is 5.92 Å². The van der Waals surface area contributed by atoms with Gasteiger partial charge in [0.2, 0.25) is 0 Å². The van der Waals surface area contributed by atoms with Crippen molar-refractivity contribution in [2.75, 3.05) is 26.7 Å². The van der Waals surface area contributed by atoms with Crippen molar-refractivity contribution in [1.29, 1.82) is 0 Å². The number of carboxylic acids is 1. The van der Waals surface area contributed by atoms with E-state index < -0.39 is 5.97 Å². The van der Waals surface area contributed by atoms with Gasteiger partial charge in [-0.25, -0.2) is 0 Å². The zero-order valence-electron chi connectivity index (χ0n) is 10.8. The van der Waals surface area contributed by atoms with Crippen LogP contribution < -0.4 is 0 Å². The summed E-state index contributed by atoms with van der Waals surface area (Å²) >= 11 is 0. The minimum absolute atomic E-state index is 0.146. The van der Waals surface area contributed by atoms with Crippen molar-refractivity contribution in [3.05, 3.63) is 0 Å². The van der Waals surface area contributed by atoms with Gasteiger partial charge in [-0.05, 0) is 26.8 Å². The molecule has 2 unspecified atom stereocenters. The van der Waals surface area contributed by atoms with Crippen molar-refractivity contribution < 1.29 is 9.90 Å². The molecule has 0 aliphatic carbocycles. The number of hydrogen-bond donors (Lipinski definition) is 1. The summed E-state index contributed by atoms with van der Waals surface area (Å²) in [5.41, 5.74) is 0. The zero-order valence-corrected chi connectivity index (χ0v) is 10.8. The molecule has 1 saturated heterocycles. The number of hydrogen-bond acceptors (Lipinski definition) is 3. The van der Waals surface area contributed by atoms with Gasteiger partial charge in [0.1, 0.15) is 0 Å². The van der Waals surface area contributed by atoms with E-state index in [1.165, 1.54) is 0 Å². The molecule has 94 valence electrons. The Labute approximate surface area is 98.2 Å². The highest BCUT2D eigenvalue weighted by Gasteiger charge is 2.29. The fraction of sp³-hybridized carbons (Fsp3) is 0.917. The van der Waals surface area contributed by atoms with Crippen LogP contribution in [0.5, 0.6) is 0 Å². The second-order valence-corrected chi connectivity index (χ2v) is 5.37. The van der Waals surface area contributed by atoms with Gasteiger partial charge < -0.3 is 10.0 Å². The number of nitrogens with zero attached hydrogens (tertiary/aromatic N) is 2. The van der Waals surface area contributed by atoms with Crippen LogP contribution in [0.3, 0.4) is 0 Å². The second-order valence-electron chi connectivity index (χ2n) is 5.37. The van der Waals surface area contributed by atoms with E-state index in [-0.39, 0.29) is 12.5 Å². The standard InChI is InChI=1S/C12H24N2O2/c1-9(2)14-7-10(3)6-13(4)8-11(14)5-12(15)16/h9-11H,5-8H2,1-4H3,(H,15,16). The summed E-state index contributed by atoms with van der Waals surface area (Å²) in [5.74, 6) is -0.0928. The number of carboxylic acid groups (broad SMARTS) is 1. The summed E-state index contributed by atoms with van der Waals surface area (Å²) in [4.78, 5) is 15.5. The van der Waals surface area contributed by atoms with E-state index in [9.17, 15) is 4.79 Å². The summed E-state index contributed by atoms with van der Waals surface area (Å²) in [6.07, 6.45) is 0.245. The molecule has 1 N–H and O–H groups in total. The highest BCUT2D eigenvalue weighted by atomic mass is 16.4. The maximum absolute atomic E-state index is 10.9. The largest absolute Gasteiger partial charge is 0.481 e. The van der Waals surface area contributed by atoms with Gasteiger partial charge in [-0.15, -0.1) is 0 Å². The minimum Gasteiger partial charge on any atom is -0.481 e. The Kier molecular flexibility index (Phi) is 4.74. The highest BCUT2D eigenvalue weighted by molar-refractivity contribution is 5.67. The van der Waals surface area contributed by atoms with E-state index in [1.807, 2.05) is 0 Å². The Balaban J connectivity index is 2.76. The fourth-order valence-electron chi connectivity index (χ4n) is 2.65. The van der Waals surface area contributed by atoms with Crippen molar-refractivity contribution >= 4 is 5.97 Å². The van der Waals surface area contributed by atoms with Gasteiger partial charge in [0.05, 0.1) is 6.42 Å². The Bertz CT molecular complexity index is 243. The SMILES string of the molecule is CC1CN(C)CC(CC(=O)O)N(C(C)C)C1. The molecule has 2 atom stereocenters. The van der Waals surface area contributed by atoms with Gasteiger partial charge >= 0.3 is 5.97 Å². The van der Waals surface area contributed by atoms with E-state index in [1.54, 1.807) is 0 Å². The summed E-state index contributed by atoms with van der Waals surface area (Å²) in [5, 5.41) is 8.96. The molecular formula is C12H24N2O2. The molecule has 0 spiro atoms. The molecule has 4 nitrogen and oxygen atoms in total. The monoisotopic (exact) mass is 228 g/mol. The topological polar surface area (TPSA) is 43.8 Å². The summed E-state index contributed by atoms with van der Waals surface area (Å²) in [7, 11) is 2.08. The van der Waals surface area contributed by atoms with E-state index in [0.717, 1.165) is 19.6 Å². The van der Waals surface area contributed by atoms with Gasteiger partial charge in [-0.2, -0.15) is 0 Å². The zero-order chi connectivity index (χ0) is 12.3. The first kappa shape index (κ1) is 13.5. The number of rotatable bonds is 3. The molecule has 0 aromatic heterocycles. The fourth-order valence-corrected chi connectivity index (χ4v) is 2.65. The molecule has 1 heterocycles. The van der Waals surface area contributed by atoms with E-state index in [0.29, 0.717) is 12.0 Å². The van der Waals surface area contributed by atoms with Crippen LogP contribution in [0.15, 0.2) is 0 Å². The highest BCUT2D eigenvalue weighted by Crippen LogP contribution is 2.18. The first-order valence-electron chi connectivity index (χ1n) is 6.06. The first-order chi connectivity index (χ1) is 7.40. The molecule has 0 aromatic rings. The van der Waals surface area contributed by atoms with Gasteiger partial charge in [-0.1, -0.05) is 6.92 Å². The Morgan fingerprint density at radius 2 is 2.00 bits per heavy atom. The molecule has 0 aromatic carbocycles. The summed E-state index contributed by atoms with van der Waals surface area (Å²) in [6.45, 7) is 9.43. The van der Waals surface area contributed by atoms with Crippen LogP contribution in [0.25, 0.3) is 0 Å². The molecule has 1 fully saturated rings. The third-order valence-corrected chi connectivity index (χ3v) is 3.21. The lowest BCUT2D eigenvalue weighted by Crippen LogP contribution is -2.45. The Morgan fingerprint density at radius 3 is 2.50 bits per heavy atom. The quantitative estimate of drug-likeness (QED) is 0.786. The summed E-state index contributed by atoms with van der Waals surface area (Å²) in [6, 6.07) is 0.561. The van der Waals surface area contributed by atoms with Crippen LogP contribution >= 0.6 is 0 Å². The van der Waals surface area contributed by atoms with Crippen molar-refractivity contribution in [3.8, 4) is 0 Å². The number of aliphatic carboxylic acids is 1. The lowest BCUT2D eigenvalue weighted by atomic mass is 10.1. The van der Waals surface area contributed by atoms with Crippen molar-refractivity contribution in [2.45, 2.75) is 39.3 Å². The molecule has 4 heteroatoms. The van der Waals surface area contributed by atoms with Crippen LogP contribution in [0, 0.1) is 5.92 Å². The van der Waals surface area contributed by atoms with Crippen LogP contribution in [-0.2, 0) is 4.79 Å². The average molecular weight is 228 g/mol. The van der Waals surface area contributed by atoms with E-state index in [2.05, 4.69) is 37.6 Å². The number of likely N-dealkylation sites (N-methyl/N-ethyl adjacent to an activating group) is 1. The average Bonchev–Trinajstić information content (AvgIpc) is 2.23. The van der Waals surface area contributed by atoms with Crippen LogP contribution in [0.4, 0.5) is 0 Å². The third-order valence-electron chi connectivity index (χ3n) is 3.21. The molecule has 1 rings (SSSR count). The normalized spacial score (nSPS) is 29.3. The van der Waals surface area contributed by atoms with Gasteiger partial charge in [0.25, 0.3) is 0 Å². The third kappa shape index (κ3) is 3.76. The lowest BCUT2D eigenvalue weighted by molar-refractivity contribution is -0.138. The van der Waals surface area contributed by atoms with Crippen LogP contribution in [0.2, 0.25) is 0 Å². The molecule has 0 saturated carbocycles. The molecule has 0 radical (unpaired) electrons. The van der Waals surface area contributed by atoms with Gasteiger partial charge in [0.15, 0.2) is 0 Å². The summed E-state index contributed by atoms with van der Waals surface area (Å²) < 4.78 is 0. The van der Waals surface area contributed by atoms with Crippen molar-refractivity contribution in [3.63, 3.8) is 0 Å². The van der Waals surface area contributed by atoms with Crippen LogP contribution in [0.1, 0.15) is 27.2 Å².